The van der Waals surface area contributed by atoms with Crippen molar-refractivity contribution in [3.63, 3.8) is 0 Å². The van der Waals surface area contributed by atoms with Crippen LogP contribution in [0.25, 0.3) is 10.2 Å². The lowest BCUT2D eigenvalue weighted by atomic mass is 9.89. The summed E-state index contributed by atoms with van der Waals surface area (Å²) in [5, 5.41) is 7.39. The van der Waals surface area contributed by atoms with E-state index in [1.165, 1.54) is 22.2 Å². The number of rotatable bonds is 5. The fraction of sp³-hybridized carbons (Fsp3) is 0.500. The Morgan fingerprint density at radius 3 is 3.00 bits per heavy atom. The highest BCUT2D eigenvalue weighted by Gasteiger charge is 2.26. The molecule has 0 spiro atoms. The average Bonchev–Trinajstić information content (AvgIpc) is 3.24. The highest BCUT2D eigenvalue weighted by Crippen LogP contribution is 2.37. The number of carbonyl (C=O) groups excluding carboxylic acids is 1. The lowest BCUT2D eigenvalue weighted by Gasteiger charge is -2.18. The third kappa shape index (κ3) is 3.85. The minimum atomic E-state index is -0.447. The minimum Gasteiger partial charge on any atom is -0.338 e. The summed E-state index contributed by atoms with van der Waals surface area (Å²) in [5.74, 6) is 0.736. The quantitative estimate of drug-likeness (QED) is 0.484. The molecule has 2 unspecified atom stereocenters. The van der Waals surface area contributed by atoms with Gasteiger partial charge in [-0.2, -0.15) is 0 Å². The standard InChI is InChI=1S/C20H24N4O3S2/c1-5-24-19(26)16-13-7-6-10(2)8-14(13)29-18(16)22-20(24)28-12(4)17(25)21-15-9-11(3)23-27-15/h9-10,12H,5-8H2,1-4H3,(H,21,25). The first-order chi connectivity index (χ1) is 13.9. The third-order valence-electron chi connectivity index (χ3n) is 5.22. The van der Waals surface area contributed by atoms with E-state index in [2.05, 4.69) is 17.4 Å². The number of aryl methyl sites for hydroxylation is 2. The predicted octanol–water partition coefficient (Wildman–Crippen LogP) is 4.02. The van der Waals surface area contributed by atoms with E-state index in [-0.39, 0.29) is 11.5 Å². The van der Waals surface area contributed by atoms with E-state index < -0.39 is 5.25 Å². The Morgan fingerprint density at radius 1 is 1.52 bits per heavy atom. The Bertz CT molecular complexity index is 1130. The van der Waals surface area contributed by atoms with Crippen LogP contribution in [0.3, 0.4) is 0 Å². The molecule has 0 bridgehead atoms. The van der Waals surface area contributed by atoms with Gasteiger partial charge in [0.05, 0.1) is 16.3 Å². The second-order valence-electron chi connectivity index (χ2n) is 7.56. The molecule has 0 saturated heterocycles. The van der Waals surface area contributed by atoms with E-state index in [4.69, 9.17) is 9.51 Å². The van der Waals surface area contributed by atoms with E-state index in [1.54, 1.807) is 35.8 Å². The zero-order valence-electron chi connectivity index (χ0n) is 16.9. The number of aromatic nitrogens is 3. The first-order valence-corrected chi connectivity index (χ1v) is 11.5. The van der Waals surface area contributed by atoms with E-state index in [1.807, 2.05) is 6.92 Å². The highest BCUT2D eigenvalue weighted by atomic mass is 32.2. The Balaban J connectivity index is 1.64. The minimum absolute atomic E-state index is 0.00511. The topological polar surface area (TPSA) is 90.0 Å². The predicted molar refractivity (Wildman–Crippen MR) is 116 cm³/mol. The number of hydrogen-bond acceptors (Lipinski definition) is 7. The van der Waals surface area contributed by atoms with Gasteiger partial charge < -0.3 is 4.52 Å². The second-order valence-corrected chi connectivity index (χ2v) is 9.95. The van der Waals surface area contributed by atoms with Crippen LogP contribution in [0.1, 0.15) is 43.3 Å². The van der Waals surface area contributed by atoms with Gasteiger partial charge in [-0.25, -0.2) is 4.98 Å². The second kappa shape index (κ2) is 7.95. The van der Waals surface area contributed by atoms with Crippen LogP contribution in [0, 0.1) is 12.8 Å². The lowest BCUT2D eigenvalue weighted by molar-refractivity contribution is -0.115. The normalized spacial score (nSPS) is 17.3. The van der Waals surface area contributed by atoms with Crippen LogP contribution < -0.4 is 10.9 Å². The number of carbonyl (C=O) groups is 1. The molecular formula is C20H24N4O3S2. The summed E-state index contributed by atoms with van der Waals surface area (Å²) < 4.78 is 6.73. The Labute approximate surface area is 176 Å². The zero-order valence-corrected chi connectivity index (χ0v) is 18.6. The number of thioether (sulfide) groups is 1. The van der Waals surface area contributed by atoms with Crippen molar-refractivity contribution >= 4 is 45.1 Å². The van der Waals surface area contributed by atoms with E-state index >= 15 is 0 Å². The summed E-state index contributed by atoms with van der Waals surface area (Å²) in [7, 11) is 0. The summed E-state index contributed by atoms with van der Waals surface area (Å²) in [6, 6.07) is 1.67. The van der Waals surface area contributed by atoms with E-state index in [0.29, 0.717) is 29.2 Å². The number of hydrogen-bond donors (Lipinski definition) is 1. The Kier molecular flexibility index (Phi) is 5.52. The van der Waals surface area contributed by atoms with Gasteiger partial charge in [-0.3, -0.25) is 19.5 Å². The molecule has 1 amide bonds. The first kappa shape index (κ1) is 20.2. The molecular weight excluding hydrogens is 408 g/mol. The van der Waals surface area contributed by atoms with Gasteiger partial charge >= 0.3 is 0 Å². The van der Waals surface area contributed by atoms with Crippen LogP contribution >= 0.6 is 23.1 Å². The molecule has 2 atom stereocenters. The van der Waals surface area contributed by atoms with Gasteiger partial charge in [0, 0.05) is 17.5 Å². The van der Waals surface area contributed by atoms with Gasteiger partial charge in [0.2, 0.25) is 11.8 Å². The van der Waals surface area contributed by atoms with Crippen molar-refractivity contribution in [1.29, 1.82) is 0 Å². The number of nitrogens with one attached hydrogen (secondary N) is 1. The van der Waals surface area contributed by atoms with Gasteiger partial charge in [0.1, 0.15) is 4.83 Å². The van der Waals surface area contributed by atoms with Crippen molar-refractivity contribution in [2.24, 2.45) is 5.92 Å². The van der Waals surface area contributed by atoms with Crippen LogP contribution in [0.2, 0.25) is 0 Å². The molecule has 4 rings (SSSR count). The van der Waals surface area contributed by atoms with Gasteiger partial charge in [0.25, 0.3) is 5.56 Å². The van der Waals surface area contributed by atoms with E-state index in [9.17, 15) is 9.59 Å². The lowest BCUT2D eigenvalue weighted by Crippen LogP contribution is -2.26. The maximum atomic E-state index is 13.2. The van der Waals surface area contributed by atoms with Crippen LogP contribution in [0.15, 0.2) is 20.5 Å². The van der Waals surface area contributed by atoms with E-state index in [0.717, 1.165) is 29.5 Å². The van der Waals surface area contributed by atoms with Gasteiger partial charge in [-0.05, 0) is 51.5 Å². The van der Waals surface area contributed by atoms with Crippen molar-refractivity contribution in [1.82, 2.24) is 14.7 Å². The van der Waals surface area contributed by atoms with Crippen LogP contribution in [0.4, 0.5) is 5.88 Å². The molecule has 9 heteroatoms. The fourth-order valence-electron chi connectivity index (χ4n) is 3.63. The molecule has 3 aromatic heterocycles. The highest BCUT2D eigenvalue weighted by molar-refractivity contribution is 8.00. The first-order valence-electron chi connectivity index (χ1n) is 9.83. The Hall–Kier alpha value is -2.13. The molecule has 7 nitrogen and oxygen atoms in total. The summed E-state index contributed by atoms with van der Waals surface area (Å²) in [6.45, 7) is 8.28. The smallest absolute Gasteiger partial charge is 0.263 e. The number of amides is 1. The number of fused-ring (bicyclic) bond motifs is 3. The molecule has 3 heterocycles. The fourth-order valence-corrected chi connectivity index (χ4v) is 6.03. The summed E-state index contributed by atoms with van der Waals surface area (Å²) in [5.41, 5.74) is 1.89. The molecule has 0 saturated carbocycles. The molecule has 1 N–H and O–H groups in total. The van der Waals surface area contributed by atoms with Gasteiger partial charge in [-0.1, -0.05) is 23.8 Å². The van der Waals surface area contributed by atoms with Crippen molar-refractivity contribution in [2.75, 3.05) is 5.32 Å². The van der Waals surface area contributed by atoms with Crippen molar-refractivity contribution in [3.05, 3.63) is 32.6 Å². The molecule has 3 aromatic rings. The van der Waals surface area contributed by atoms with Gasteiger partial charge in [-0.15, -0.1) is 11.3 Å². The van der Waals surface area contributed by atoms with Gasteiger partial charge in [0.15, 0.2) is 5.16 Å². The van der Waals surface area contributed by atoms with Crippen molar-refractivity contribution in [2.45, 2.75) is 63.9 Å². The number of nitrogens with zero attached hydrogens (tertiary/aromatic N) is 3. The largest absolute Gasteiger partial charge is 0.338 e. The molecule has 1 aliphatic carbocycles. The monoisotopic (exact) mass is 432 g/mol. The van der Waals surface area contributed by atoms with Crippen LogP contribution in [0.5, 0.6) is 0 Å². The maximum Gasteiger partial charge on any atom is 0.263 e. The molecule has 0 radical (unpaired) electrons. The van der Waals surface area contributed by atoms with Crippen LogP contribution in [-0.4, -0.2) is 25.9 Å². The van der Waals surface area contributed by atoms with Crippen molar-refractivity contribution < 1.29 is 9.32 Å². The Morgan fingerprint density at radius 2 is 2.31 bits per heavy atom. The zero-order chi connectivity index (χ0) is 20.7. The molecule has 0 aromatic carbocycles. The average molecular weight is 433 g/mol. The SMILES string of the molecule is CCn1c(SC(C)C(=O)Nc2cc(C)no2)nc2sc3c(c2c1=O)CCC(C)C3. The summed E-state index contributed by atoms with van der Waals surface area (Å²) in [6.07, 6.45) is 3.07. The molecule has 154 valence electrons. The summed E-state index contributed by atoms with van der Waals surface area (Å²) in [4.78, 5) is 32.7. The molecule has 1 aliphatic rings. The molecule has 0 fully saturated rings. The molecule has 0 aliphatic heterocycles. The number of anilines is 1. The van der Waals surface area contributed by atoms with Crippen molar-refractivity contribution in [3.8, 4) is 0 Å². The molecule has 29 heavy (non-hydrogen) atoms. The third-order valence-corrected chi connectivity index (χ3v) is 7.46. The van der Waals surface area contributed by atoms with Crippen LogP contribution in [-0.2, 0) is 24.2 Å². The number of thiophene rings is 1. The maximum absolute atomic E-state index is 13.2. The summed E-state index contributed by atoms with van der Waals surface area (Å²) >= 11 is 2.92.